The van der Waals surface area contributed by atoms with Crippen LogP contribution in [0.25, 0.3) is 0 Å². The molecule has 0 spiro atoms. The number of hydrogen-bond acceptors (Lipinski definition) is 4. The summed E-state index contributed by atoms with van der Waals surface area (Å²) >= 11 is 0. The Morgan fingerprint density at radius 1 is 1.26 bits per heavy atom. The topological polar surface area (TPSA) is 83.6 Å². The van der Waals surface area contributed by atoms with Gasteiger partial charge in [-0.25, -0.2) is 4.79 Å². The Kier molecular flexibility index (Phi) is 3.18. The molecule has 1 aliphatic carbocycles. The zero-order chi connectivity index (χ0) is 16.0. The largest absolute Gasteiger partial charge is 0.479 e. The maximum absolute atomic E-state index is 12.7. The Morgan fingerprint density at radius 2 is 2.04 bits per heavy atom. The van der Waals surface area contributed by atoms with E-state index in [9.17, 15) is 14.7 Å². The third-order valence-corrected chi connectivity index (χ3v) is 4.51. The van der Waals surface area contributed by atoms with Crippen LogP contribution >= 0.6 is 0 Å². The van der Waals surface area contributed by atoms with Crippen LogP contribution in [0, 0.1) is 0 Å². The Labute approximate surface area is 132 Å². The Hall–Kier alpha value is -2.63. The molecule has 1 amide bonds. The van der Waals surface area contributed by atoms with Gasteiger partial charge in [-0.15, -0.1) is 0 Å². The Balaban J connectivity index is 1.66. The molecule has 1 atom stereocenters. The summed E-state index contributed by atoms with van der Waals surface area (Å²) in [4.78, 5) is 25.8. The molecule has 1 aromatic carbocycles. The summed E-state index contributed by atoms with van der Waals surface area (Å²) in [6.45, 7) is 0.360. The fourth-order valence-electron chi connectivity index (χ4n) is 3.15. The van der Waals surface area contributed by atoms with Crippen LogP contribution in [0.1, 0.15) is 52.2 Å². The zero-order valence-electron chi connectivity index (χ0n) is 12.4. The van der Waals surface area contributed by atoms with Gasteiger partial charge in [0.05, 0.1) is 0 Å². The Bertz CT molecular complexity index is 778. The summed E-state index contributed by atoms with van der Waals surface area (Å²) < 4.78 is 5.22. The van der Waals surface area contributed by atoms with E-state index >= 15 is 0 Å². The fraction of sp³-hybridized carbons (Fsp3) is 0.353. The van der Waals surface area contributed by atoms with Crippen LogP contribution in [-0.2, 0) is 11.2 Å². The number of carboxylic acids is 1. The lowest BCUT2D eigenvalue weighted by Crippen LogP contribution is -2.43. The molecule has 2 heterocycles. The van der Waals surface area contributed by atoms with Gasteiger partial charge in [-0.3, -0.25) is 4.79 Å². The molecule has 0 bridgehead atoms. The molecule has 1 fully saturated rings. The van der Waals surface area contributed by atoms with Crippen LogP contribution in [0.5, 0.6) is 0 Å². The number of nitrogens with zero attached hydrogens (tertiary/aromatic N) is 2. The molecule has 1 aromatic heterocycles. The molecule has 0 radical (unpaired) electrons. The molecule has 0 saturated heterocycles. The van der Waals surface area contributed by atoms with Crippen LogP contribution in [0.3, 0.4) is 0 Å². The minimum absolute atomic E-state index is 0.192. The third-order valence-electron chi connectivity index (χ3n) is 4.51. The SMILES string of the molecule is O=C(O)C1c2ccccc2CCN1C(=O)c1cc(C2CC2)on1. The van der Waals surface area contributed by atoms with Gasteiger partial charge < -0.3 is 14.5 Å². The molecule has 1 saturated carbocycles. The maximum Gasteiger partial charge on any atom is 0.331 e. The summed E-state index contributed by atoms with van der Waals surface area (Å²) in [6, 6.07) is 8.03. The first-order chi connectivity index (χ1) is 11.1. The van der Waals surface area contributed by atoms with Crippen molar-refractivity contribution >= 4 is 11.9 Å². The number of rotatable bonds is 3. The van der Waals surface area contributed by atoms with Crippen molar-refractivity contribution in [3.8, 4) is 0 Å². The van der Waals surface area contributed by atoms with E-state index in [0.717, 1.165) is 24.2 Å². The lowest BCUT2D eigenvalue weighted by atomic mass is 9.92. The highest BCUT2D eigenvalue weighted by molar-refractivity contribution is 5.95. The van der Waals surface area contributed by atoms with Gasteiger partial charge >= 0.3 is 5.97 Å². The average Bonchev–Trinajstić information content (AvgIpc) is 3.30. The molecule has 4 rings (SSSR count). The van der Waals surface area contributed by atoms with Gasteiger partial charge in [0.2, 0.25) is 0 Å². The van der Waals surface area contributed by atoms with Crippen molar-refractivity contribution in [1.29, 1.82) is 0 Å². The average molecular weight is 312 g/mol. The van der Waals surface area contributed by atoms with Crippen LogP contribution < -0.4 is 0 Å². The highest BCUT2D eigenvalue weighted by Gasteiger charge is 2.38. The first kappa shape index (κ1) is 14.0. The molecule has 6 nitrogen and oxygen atoms in total. The number of benzene rings is 1. The summed E-state index contributed by atoms with van der Waals surface area (Å²) in [5, 5.41) is 13.5. The molecule has 1 N–H and O–H groups in total. The molecule has 23 heavy (non-hydrogen) atoms. The second kappa shape index (κ2) is 5.22. The van der Waals surface area contributed by atoms with E-state index in [-0.39, 0.29) is 11.6 Å². The van der Waals surface area contributed by atoms with E-state index in [1.165, 1.54) is 4.90 Å². The lowest BCUT2D eigenvalue weighted by molar-refractivity contribution is -0.143. The quantitative estimate of drug-likeness (QED) is 0.940. The number of carbonyl (C=O) groups is 2. The van der Waals surface area contributed by atoms with E-state index in [1.807, 2.05) is 12.1 Å². The highest BCUT2D eigenvalue weighted by Crippen LogP contribution is 2.40. The normalized spacial score (nSPS) is 20.2. The molecular weight excluding hydrogens is 296 g/mol. The molecule has 2 aromatic rings. The van der Waals surface area contributed by atoms with Gasteiger partial charge in [-0.2, -0.15) is 0 Å². The number of amides is 1. The number of carboxylic acid groups (broad SMARTS) is 1. The summed E-state index contributed by atoms with van der Waals surface area (Å²) in [6.07, 6.45) is 2.74. The number of carbonyl (C=O) groups excluding carboxylic acids is 1. The molecular formula is C17H16N2O4. The molecule has 118 valence electrons. The number of hydrogen-bond donors (Lipinski definition) is 1. The monoisotopic (exact) mass is 312 g/mol. The first-order valence-electron chi connectivity index (χ1n) is 7.73. The molecule has 6 heteroatoms. The molecule has 1 unspecified atom stereocenters. The van der Waals surface area contributed by atoms with Crippen molar-refractivity contribution in [2.24, 2.45) is 0 Å². The lowest BCUT2D eigenvalue weighted by Gasteiger charge is -2.34. The van der Waals surface area contributed by atoms with E-state index < -0.39 is 12.0 Å². The van der Waals surface area contributed by atoms with E-state index in [0.29, 0.717) is 24.4 Å². The summed E-state index contributed by atoms with van der Waals surface area (Å²) in [7, 11) is 0. The van der Waals surface area contributed by atoms with Crippen molar-refractivity contribution in [3.63, 3.8) is 0 Å². The van der Waals surface area contributed by atoms with Crippen molar-refractivity contribution in [2.45, 2.75) is 31.2 Å². The predicted octanol–water partition coefficient (Wildman–Crippen LogP) is 2.38. The second-order valence-corrected chi connectivity index (χ2v) is 6.08. The van der Waals surface area contributed by atoms with Gasteiger partial charge in [0.25, 0.3) is 5.91 Å². The van der Waals surface area contributed by atoms with Crippen LogP contribution in [0.15, 0.2) is 34.9 Å². The smallest absolute Gasteiger partial charge is 0.331 e. The minimum Gasteiger partial charge on any atom is -0.479 e. The van der Waals surface area contributed by atoms with Crippen LogP contribution in [-0.4, -0.2) is 33.6 Å². The van der Waals surface area contributed by atoms with Gasteiger partial charge in [0, 0.05) is 18.5 Å². The van der Waals surface area contributed by atoms with Crippen molar-refractivity contribution in [3.05, 3.63) is 52.9 Å². The molecule has 1 aliphatic heterocycles. The van der Waals surface area contributed by atoms with Gasteiger partial charge in [0.1, 0.15) is 5.76 Å². The fourth-order valence-corrected chi connectivity index (χ4v) is 3.15. The number of fused-ring (bicyclic) bond motifs is 1. The third kappa shape index (κ3) is 2.40. The van der Waals surface area contributed by atoms with Crippen molar-refractivity contribution < 1.29 is 19.2 Å². The van der Waals surface area contributed by atoms with Crippen molar-refractivity contribution in [2.75, 3.05) is 6.54 Å². The van der Waals surface area contributed by atoms with Gasteiger partial charge in [-0.1, -0.05) is 29.4 Å². The minimum atomic E-state index is -1.03. The van der Waals surface area contributed by atoms with E-state index in [4.69, 9.17) is 4.52 Å². The second-order valence-electron chi connectivity index (χ2n) is 6.08. The standard InChI is InChI=1S/C17H16N2O4/c20-16(13-9-14(23-18-13)11-5-6-11)19-8-7-10-3-1-2-4-12(10)15(19)17(21)22/h1-4,9,11,15H,5-8H2,(H,21,22). The van der Waals surface area contributed by atoms with Gasteiger partial charge in [0.15, 0.2) is 11.7 Å². The zero-order valence-corrected chi connectivity index (χ0v) is 12.4. The highest BCUT2D eigenvalue weighted by atomic mass is 16.5. The Morgan fingerprint density at radius 3 is 2.78 bits per heavy atom. The summed E-state index contributed by atoms with van der Waals surface area (Å²) in [5.74, 6) is -0.335. The van der Waals surface area contributed by atoms with Gasteiger partial charge in [-0.05, 0) is 30.4 Å². The van der Waals surface area contributed by atoms with Crippen LogP contribution in [0.2, 0.25) is 0 Å². The van der Waals surface area contributed by atoms with E-state index in [1.54, 1.807) is 18.2 Å². The first-order valence-corrected chi connectivity index (χ1v) is 7.73. The van der Waals surface area contributed by atoms with E-state index in [2.05, 4.69) is 5.16 Å². The van der Waals surface area contributed by atoms with Crippen molar-refractivity contribution in [1.82, 2.24) is 10.1 Å². The number of aliphatic carboxylic acids is 1. The summed E-state index contributed by atoms with van der Waals surface area (Å²) in [5.41, 5.74) is 1.84. The number of aromatic nitrogens is 1. The van der Waals surface area contributed by atoms with Crippen LogP contribution in [0.4, 0.5) is 0 Å². The predicted molar refractivity (Wildman–Crippen MR) is 80.0 cm³/mol. The molecule has 2 aliphatic rings. The maximum atomic E-state index is 12.7.